The number of hydrogen-bond donors (Lipinski definition) is 0. The fourth-order valence-corrected chi connectivity index (χ4v) is 2.15. The van der Waals surface area contributed by atoms with Crippen LogP contribution in [0.1, 0.15) is 13.8 Å². The van der Waals surface area contributed by atoms with Gasteiger partial charge in [-0.1, -0.05) is 6.08 Å². The molecule has 0 saturated heterocycles. The van der Waals surface area contributed by atoms with Gasteiger partial charge in [-0.2, -0.15) is 0 Å². The first-order chi connectivity index (χ1) is 4.83. The summed E-state index contributed by atoms with van der Waals surface area (Å²) in [6.07, 6.45) is 1.79. The van der Waals surface area contributed by atoms with Gasteiger partial charge >= 0.3 is 8.56 Å². The van der Waals surface area contributed by atoms with Crippen molar-refractivity contribution in [1.29, 1.82) is 0 Å². The smallest absolute Gasteiger partial charge is 0.332 e. The third-order valence-electron chi connectivity index (χ3n) is 1.49. The Morgan fingerprint density at radius 1 is 1.36 bits per heavy atom. The molecular weight excluding hydrogens is 156 g/mol. The lowest BCUT2D eigenvalue weighted by Crippen LogP contribution is -2.41. The van der Waals surface area contributed by atoms with E-state index in [9.17, 15) is 0 Å². The molecule has 0 aliphatic carbocycles. The molecule has 0 rings (SSSR count). The molecule has 0 aliphatic rings. The first-order valence-electron chi connectivity index (χ1n) is 3.72. The molecular formula is C8H18O2Si. The minimum atomic E-state index is -1.90. The minimum absolute atomic E-state index is 0.272. The van der Waals surface area contributed by atoms with Gasteiger partial charge < -0.3 is 8.85 Å². The standard InChI is InChI=1S/C8H18O2Si/c1-7-8(2,3)10-11(5,6)9-4/h7H,1H2,2-6H3. The van der Waals surface area contributed by atoms with E-state index in [1.165, 1.54) is 0 Å². The van der Waals surface area contributed by atoms with Crippen molar-refractivity contribution in [2.45, 2.75) is 32.5 Å². The van der Waals surface area contributed by atoms with Crippen molar-refractivity contribution < 1.29 is 8.85 Å². The zero-order valence-corrected chi connectivity index (χ0v) is 9.10. The zero-order valence-electron chi connectivity index (χ0n) is 8.10. The molecule has 0 aromatic heterocycles. The Hall–Kier alpha value is -0.123. The molecule has 0 aromatic rings. The van der Waals surface area contributed by atoms with Crippen LogP contribution in [0.4, 0.5) is 0 Å². The molecule has 0 saturated carbocycles. The van der Waals surface area contributed by atoms with Crippen LogP contribution in [0.2, 0.25) is 13.1 Å². The summed E-state index contributed by atoms with van der Waals surface area (Å²) >= 11 is 0. The highest BCUT2D eigenvalue weighted by atomic mass is 28.4. The van der Waals surface area contributed by atoms with Gasteiger partial charge in [0.25, 0.3) is 0 Å². The Bertz CT molecular complexity index is 141. The third kappa shape index (κ3) is 4.34. The highest BCUT2D eigenvalue weighted by Crippen LogP contribution is 2.18. The average molecular weight is 174 g/mol. The lowest BCUT2D eigenvalue weighted by Gasteiger charge is -2.30. The van der Waals surface area contributed by atoms with E-state index >= 15 is 0 Å². The van der Waals surface area contributed by atoms with Crippen LogP contribution in [-0.2, 0) is 8.85 Å². The van der Waals surface area contributed by atoms with Gasteiger partial charge in [-0.25, -0.2) is 0 Å². The topological polar surface area (TPSA) is 18.5 Å². The monoisotopic (exact) mass is 174 g/mol. The molecule has 3 heteroatoms. The Morgan fingerprint density at radius 3 is 2.09 bits per heavy atom. The van der Waals surface area contributed by atoms with E-state index in [4.69, 9.17) is 8.85 Å². The van der Waals surface area contributed by atoms with Crippen LogP contribution in [-0.4, -0.2) is 21.3 Å². The van der Waals surface area contributed by atoms with E-state index in [-0.39, 0.29) is 5.60 Å². The fraction of sp³-hybridized carbons (Fsp3) is 0.750. The molecule has 0 unspecified atom stereocenters. The Balaban J connectivity index is 4.12. The molecule has 0 N–H and O–H groups in total. The van der Waals surface area contributed by atoms with Crippen LogP contribution in [0.3, 0.4) is 0 Å². The maximum atomic E-state index is 5.72. The Morgan fingerprint density at radius 2 is 1.82 bits per heavy atom. The molecule has 2 nitrogen and oxygen atoms in total. The second kappa shape index (κ2) is 3.52. The second-order valence-corrected chi connectivity index (χ2v) is 6.93. The van der Waals surface area contributed by atoms with Crippen molar-refractivity contribution in [1.82, 2.24) is 0 Å². The van der Waals surface area contributed by atoms with E-state index in [0.29, 0.717) is 0 Å². The molecule has 0 fully saturated rings. The molecule has 0 atom stereocenters. The molecule has 0 aliphatic heterocycles. The summed E-state index contributed by atoms with van der Waals surface area (Å²) in [4.78, 5) is 0. The number of rotatable bonds is 4. The fourth-order valence-electron chi connectivity index (χ4n) is 0.717. The molecule has 0 spiro atoms. The normalized spacial score (nSPS) is 13.2. The first kappa shape index (κ1) is 10.9. The van der Waals surface area contributed by atoms with Crippen LogP contribution in [0.25, 0.3) is 0 Å². The Labute approximate surface area is 70.5 Å². The average Bonchev–Trinajstić information content (AvgIpc) is 1.86. The Kier molecular flexibility index (Phi) is 3.48. The summed E-state index contributed by atoms with van der Waals surface area (Å²) < 4.78 is 11.0. The van der Waals surface area contributed by atoms with Crippen molar-refractivity contribution in [3.05, 3.63) is 12.7 Å². The van der Waals surface area contributed by atoms with Crippen molar-refractivity contribution in [3.63, 3.8) is 0 Å². The van der Waals surface area contributed by atoms with Crippen LogP contribution in [0.15, 0.2) is 12.7 Å². The summed E-state index contributed by atoms with van der Waals surface area (Å²) in [6.45, 7) is 11.7. The molecule has 0 heterocycles. The third-order valence-corrected chi connectivity index (χ3v) is 3.49. The van der Waals surface area contributed by atoms with E-state index in [0.717, 1.165) is 0 Å². The van der Waals surface area contributed by atoms with Crippen molar-refractivity contribution in [2.75, 3.05) is 7.11 Å². The highest BCUT2D eigenvalue weighted by Gasteiger charge is 2.29. The van der Waals surface area contributed by atoms with Gasteiger partial charge in [0.15, 0.2) is 0 Å². The van der Waals surface area contributed by atoms with Gasteiger partial charge in [0, 0.05) is 7.11 Å². The summed E-state index contributed by atoms with van der Waals surface area (Å²) in [6, 6.07) is 0. The predicted octanol–water partition coefficient (Wildman–Crippen LogP) is 2.32. The largest absolute Gasteiger partial charge is 0.398 e. The molecule has 0 radical (unpaired) electrons. The maximum absolute atomic E-state index is 5.72. The summed E-state index contributed by atoms with van der Waals surface area (Å²) in [7, 11) is -0.219. The van der Waals surface area contributed by atoms with Crippen molar-refractivity contribution in [3.8, 4) is 0 Å². The van der Waals surface area contributed by atoms with Gasteiger partial charge in [-0.3, -0.25) is 0 Å². The zero-order chi connectivity index (χ0) is 9.12. The maximum Gasteiger partial charge on any atom is 0.332 e. The van der Waals surface area contributed by atoms with E-state index in [1.807, 2.05) is 26.9 Å². The lowest BCUT2D eigenvalue weighted by molar-refractivity contribution is 0.105. The SMILES string of the molecule is C=CC(C)(C)O[Si](C)(C)OC. The van der Waals surface area contributed by atoms with Gasteiger partial charge in [0.05, 0.1) is 5.60 Å². The van der Waals surface area contributed by atoms with Crippen LogP contribution >= 0.6 is 0 Å². The summed E-state index contributed by atoms with van der Waals surface area (Å²) in [5, 5.41) is 0. The predicted molar refractivity (Wildman–Crippen MR) is 49.9 cm³/mol. The van der Waals surface area contributed by atoms with Crippen LogP contribution in [0.5, 0.6) is 0 Å². The molecule has 11 heavy (non-hydrogen) atoms. The summed E-state index contributed by atoms with van der Waals surface area (Å²) in [5.41, 5.74) is -0.272. The van der Waals surface area contributed by atoms with Gasteiger partial charge in [0.2, 0.25) is 0 Å². The van der Waals surface area contributed by atoms with Crippen molar-refractivity contribution in [2.24, 2.45) is 0 Å². The van der Waals surface area contributed by atoms with Gasteiger partial charge in [-0.15, -0.1) is 6.58 Å². The second-order valence-electron chi connectivity index (χ2n) is 3.51. The quantitative estimate of drug-likeness (QED) is 0.481. The van der Waals surface area contributed by atoms with Gasteiger partial charge in [-0.05, 0) is 26.9 Å². The molecule has 0 amide bonds. The van der Waals surface area contributed by atoms with E-state index in [1.54, 1.807) is 13.2 Å². The number of hydrogen-bond acceptors (Lipinski definition) is 2. The molecule has 66 valence electrons. The van der Waals surface area contributed by atoms with Crippen LogP contribution in [0, 0.1) is 0 Å². The lowest BCUT2D eigenvalue weighted by atomic mass is 10.1. The molecule has 0 aromatic carbocycles. The molecule has 0 bridgehead atoms. The van der Waals surface area contributed by atoms with E-state index < -0.39 is 8.56 Å². The van der Waals surface area contributed by atoms with Crippen molar-refractivity contribution >= 4 is 8.56 Å². The minimum Gasteiger partial charge on any atom is -0.398 e. The van der Waals surface area contributed by atoms with Crippen LogP contribution < -0.4 is 0 Å². The summed E-state index contributed by atoms with van der Waals surface area (Å²) in [5.74, 6) is 0. The first-order valence-corrected chi connectivity index (χ1v) is 6.53. The highest BCUT2D eigenvalue weighted by molar-refractivity contribution is 6.64. The van der Waals surface area contributed by atoms with Gasteiger partial charge in [0.1, 0.15) is 0 Å². The van der Waals surface area contributed by atoms with E-state index in [2.05, 4.69) is 6.58 Å².